The second-order valence-corrected chi connectivity index (χ2v) is 5.37. The fourth-order valence-electron chi connectivity index (χ4n) is 1.75. The number of carbonyl (C=O) groups excluding carboxylic acids is 2. The first-order valence-corrected chi connectivity index (χ1v) is 7.49. The first kappa shape index (κ1) is 17.1. The predicted molar refractivity (Wildman–Crippen MR) is 81.0 cm³/mol. The van der Waals surface area contributed by atoms with Crippen LogP contribution in [-0.2, 0) is 9.53 Å². The van der Waals surface area contributed by atoms with Gasteiger partial charge in [0.25, 0.3) is 5.91 Å². The van der Waals surface area contributed by atoms with E-state index in [4.69, 9.17) is 5.26 Å². The van der Waals surface area contributed by atoms with Gasteiger partial charge in [-0.2, -0.15) is 5.26 Å². The molecule has 0 heterocycles. The van der Waals surface area contributed by atoms with Gasteiger partial charge >= 0.3 is 5.97 Å². The molecule has 1 aromatic rings. The van der Waals surface area contributed by atoms with Crippen LogP contribution >= 0.6 is 11.8 Å². The third kappa shape index (κ3) is 5.48. The Labute approximate surface area is 128 Å². The molecular weight excluding hydrogens is 288 g/mol. The van der Waals surface area contributed by atoms with Gasteiger partial charge in [-0.05, 0) is 18.6 Å². The Balaban J connectivity index is 2.65. The maximum Gasteiger partial charge on any atom is 0.305 e. The van der Waals surface area contributed by atoms with Crippen LogP contribution in [0.4, 0.5) is 0 Å². The van der Waals surface area contributed by atoms with E-state index < -0.39 is 0 Å². The number of nitriles is 1. The summed E-state index contributed by atoms with van der Waals surface area (Å²) in [5.74, 6) is -0.0854. The van der Waals surface area contributed by atoms with Gasteiger partial charge in [0.15, 0.2) is 0 Å². The molecule has 1 rings (SSSR count). The molecule has 112 valence electrons. The van der Waals surface area contributed by atoms with Crippen molar-refractivity contribution in [2.75, 3.05) is 26.5 Å². The molecular formula is C15H18N2O3S. The Hall–Kier alpha value is -2.00. The molecule has 0 radical (unpaired) electrons. The zero-order valence-electron chi connectivity index (χ0n) is 12.2. The number of rotatable bonds is 7. The lowest BCUT2D eigenvalue weighted by atomic mass is 10.2. The SMILES string of the molecule is COC(=O)CCCN(C)C(=O)c1ccccc1SCC#N. The molecule has 0 saturated heterocycles. The highest BCUT2D eigenvalue weighted by Gasteiger charge is 2.15. The normalized spacial score (nSPS) is 9.76. The molecule has 0 unspecified atom stereocenters. The van der Waals surface area contributed by atoms with Gasteiger partial charge in [0, 0.05) is 24.9 Å². The Kier molecular flexibility index (Phi) is 7.33. The number of ether oxygens (including phenoxy) is 1. The van der Waals surface area contributed by atoms with E-state index >= 15 is 0 Å². The smallest absolute Gasteiger partial charge is 0.305 e. The van der Waals surface area contributed by atoms with E-state index in [1.807, 2.05) is 12.1 Å². The third-order valence-corrected chi connectivity index (χ3v) is 3.80. The van der Waals surface area contributed by atoms with Crippen LogP contribution in [0.1, 0.15) is 23.2 Å². The zero-order valence-corrected chi connectivity index (χ0v) is 13.0. The standard InChI is InChI=1S/C15H18N2O3S/c1-17(10-5-8-14(18)20-2)15(19)12-6-3-4-7-13(12)21-11-9-16/h3-4,6-7H,5,8,10-11H2,1-2H3. The summed E-state index contributed by atoms with van der Waals surface area (Å²) in [6, 6.07) is 9.27. The molecule has 6 heteroatoms. The van der Waals surface area contributed by atoms with Crippen molar-refractivity contribution in [1.82, 2.24) is 4.90 Å². The minimum absolute atomic E-state index is 0.110. The van der Waals surface area contributed by atoms with Crippen LogP contribution in [0.5, 0.6) is 0 Å². The summed E-state index contributed by atoms with van der Waals surface area (Å²) in [5, 5.41) is 8.65. The van der Waals surface area contributed by atoms with Crippen LogP contribution in [0.3, 0.4) is 0 Å². The fraction of sp³-hybridized carbons (Fsp3) is 0.400. The average Bonchev–Trinajstić information content (AvgIpc) is 2.52. The Morgan fingerprint density at radius 3 is 2.76 bits per heavy atom. The van der Waals surface area contributed by atoms with Crippen molar-refractivity contribution in [3.63, 3.8) is 0 Å². The molecule has 21 heavy (non-hydrogen) atoms. The molecule has 0 atom stereocenters. The van der Waals surface area contributed by atoms with Crippen molar-refractivity contribution < 1.29 is 14.3 Å². The number of hydrogen-bond acceptors (Lipinski definition) is 5. The summed E-state index contributed by atoms with van der Waals surface area (Å²) in [7, 11) is 3.05. The van der Waals surface area contributed by atoms with E-state index in [9.17, 15) is 9.59 Å². The van der Waals surface area contributed by atoms with Crippen molar-refractivity contribution in [3.05, 3.63) is 29.8 Å². The average molecular weight is 306 g/mol. The highest BCUT2D eigenvalue weighted by Crippen LogP contribution is 2.23. The highest BCUT2D eigenvalue weighted by molar-refractivity contribution is 7.99. The van der Waals surface area contributed by atoms with Crippen molar-refractivity contribution in [2.45, 2.75) is 17.7 Å². The van der Waals surface area contributed by atoms with Crippen LogP contribution in [-0.4, -0.2) is 43.2 Å². The van der Waals surface area contributed by atoms with Crippen LogP contribution in [0.15, 0.2) is 29.2 Å². The largest absolute Gasteiger partial charge is 0.469 e. The highest BCUT2D eigenvalue weighted by atomic mass is 32.2. The van der Waals surface area contributed by atoms with Gasteiger partial charge < -0.3 is 9.64 Å². The molecule has 5 nitrogen and oxygen atoms in total. The molecule has 1 amide bonds. The van der Waals surface area contributed by atoms with Gasteiger partial charge in [-0.3, -0.25) is 9.59 Å². The Bertz CT molecular complexity index is 540. The summed E-state index contributed by atoms with van der Waals surface area (Å²) in [6.07, 6.45) is 0.849. The summed E-state index contributed by atoms with van der Waals surface area (Å²) < 4.78 is 4.56. The van der Waals surface area contributed by atoms with E-state index in [0.717, 1.165) is 4.90 Å². The maximum absolute atomic E-state index is 12.4. The van der Waals surface area contributed by atoms with E-state index in [1.54, 1.807) is 24.1 Å². The maximum atomic E-state index is 12.4. The molecule has 0 fully saturated rings. The van der Waals surface area contributed by atoms with E-state index in [1.165, 1.54) is 18.9 Å². The van der Waals surface area contributed by atoms with E-state index in [-0.39, 0.29) is 11.9 Å². The second kappa shape index (κ2) is 9.03. The number of benzene rings is 1. The lowest BCUT2D eigenvalue weighted by Gasteiger charge is -2.18. The predicted octanol–water partition coefficient (Wildman–Crippen LogP) is 2.33. The monoisotopic (exact) mass is 306 g/mol. The van der Waals surface area contributed by atoms with Crippen molar-refractivity contribution in [1.29, 1.82) is 5.26 Å². The summed E-state index contributed by atoms with van der Waals surface area (Å²) in [4.78, 5) is 25.8. The van der Waals surface area contributed by atoms with Gasteiger partial charge in [-0.1, -0.05) is 12.1 Å². The lowest BCUT2D eigenvalue weighted by molar-refractivity contribution is -0.140. The summed E-state index contributed by atoms with van der Waals surface area (Å²) >= 11 is 1.34. The molecule has 0 aliphatic heterocycles. The van der Waals surface area contributed by atoms with Crippen LogP contribution in [0.2, 0.25) is 0 Å². The molecule has 0 aliphatic rings. The Morgan fingerprint density at radius 1 is 1.38 bits per heavy atom. The molecule has 0 N–H and O–H groups in total. The van der Waals surface area contributed by atoms with Crippen LogP contribution in [0.25, 0.3) is 0 Å². The van der Waals surface area contributed by atoms with Gasteiger partial charge in [-0.25, -0.2) is 0 Å². The molecule has 0 bridgehead atoms. The number of esters is 1. The summed E-state index contributed by atoms with van der Waals surface area (Å²) in [6.45, 7) is 0.477. The number of carbonyl (C=O) groups is 2. The topological polar surface area (TPSA) is 70.4 Å². The molecule has 1 aromatic carbocycles. The number of methoxy groups -OCH3 is 1. The second-order valence-electron chi connectivity index (χ2n) is 4.35. The number of hydrogen-bond donors (Lipinski definition) is 0. The number of amides is 1. The third-order valence-electron chi connectivity index (χ3n) is 2.86. The first-order chi connectivity index (χ1) is 10.1. The first-order valence-electron chi connectivity index (χ1n) is 6.51. The van der Waals surface area contributed by atoms with Gasteiger partial charge in [0.2, 0.25) is 0 Å². The Morgan fingerprint density at radius 2 is 2.10 bits per heavy atom. The number of thioether (sulfide) groups is 1. The van der Waals surface area contributed by atoms with E-state index in [0.29, 0.717) is 30.7 Å². The zero-order chi connectivity index (χ0) is 15.7. The molecule has 0 aliphatic carbocycles. The van der Waals surface area contributed by atoms with Gasteiger partial charge in [0.1, 0.15) is 0 Å². The lowest BCUT2D eigenvalue weighted by Crippen LogP contribution is -2.28. The van der Waals surface area contributed by atoms with Crippen molar-refractivity contribution in [2.24, 2.45) is 0 Å². The molecule has 0 spiro atoms. The van der Waals surface area contributed by atoms with Crippen molar-refractivity contribution in [3.8, 4) is 6.07 Å². The molecule has 0 saturated carbocycles. The fourth-order valence-corrected chi connectivity index (χ4v) is 2.45. The summed E-state index contributed by atoms with van der Waals surface area (Å²) in [5.41, 5.74) is 0.582. The minimum Gasteiger partial charge on any atom is -0.469 e. The number of nitrogens with zero attached hydrogens (tertiary/aromatic N) is 2. The quantitative estimate of drug-likeness (QED) is 0.571. The van der Waals surface area contributed by atoms with Crippen LogP contribution in [0, 0.1) is 11.3 Å². The minimum atomic E-state index is -0.277. The van der Waals surface area contributed by atoms with Crippen LogP contribution < -0.4 is 0 Å². The van der Waals surface area contributed by atoms with Crippen molar-refractivity contribution >= 4 is 23.6 Å². The van der Waals surface area contributed by atoms with Gasteiger partial charge in [-0.15, -0.1) is 11.8 Å². The molecule has 0 aromatic heterocycles. The van der Waals surface area contributed by atoms with E-state index in [2.05, 4.69) is 10.8 Å². The van der Waals surface area contributed by atoms with Gasteiger partial charge in [0.05, 0.1) is 24.5 Å².